The fourth-order valence-electron chi connectivity index (χ4n) is 5.11. The summed E-state index contributed by atoms with van der Waals surface area (Å²) in [6.45, 7) is 2.04. The quantitative estimate of drug-likeness (QED) is 0.489. The number of Topliss-reactive ketones (excluding diaryl/α,β-unsaturated/α-hetero) is 1. The van der Waals surface area contributed by atoms with E-state index in [0.717, 1.165) is 28.1 Å². The molecule has 0 saturated heterocycles. The molecule has 2 aliphatic rings. The number of hydrogen-bond donors (Lipinski definition) is 1. The normalized spacial score (nSPS) is 19.4. The van der Waals surface area contributed by atoms with E-state index in [0.29, 0.717) is 29.7 Å². The van der Waals surface area contributed by atoms with Crippen molar-refractivity contribution < 1.29 is 19.1 Å². The maximum absolute atomic E-state index is 13.7. The van der Waals surface area contributed by atoms with Crippen molar-refractivity contribution in [3.05, 3.63) is 118 Å². The number of hydrogen-bond acceptors (Lipinski definition) is 6. The van der Waals surface area contributed by atoms with Crippen LogP contribution in [0.25, 0.3) is 0 Å². The second-order valence-electron chi connectivity index (χ2n) is 9.13. The summed E-state index contributed by atoms with van der Waals surface area (Å²) in [6.07, 6.45) is 4.43. The standard InChI is InChI=1S/C30H28N2O4/c1-19-27(30(34)36-18-20-6-4-3-5-7-20)28(22-12-14-31-15-13-22)29-25(32-19)16-23(17-26(29)33)21-8-10-24(35-2)11-9-21/h3-15,23,28,32H,16-18H2,1-2H3/t23-,28-/m0/s1. The van der Waals surface area contributed by atoms with Gasteiger partial charge in [-0.1, -0.05) is 42.5 Å². The number of aromatic nitrogens is 1. The molecule has 2 heterocycles. The lowest BCUT2D eigenvalue weighted by Crippen LogP contribution is -2.36. The van der Waals surface area contributed by atoms with Crippen LogP contribution in [0.4, 0.5) is 0 Å². The molecular weight excluding hydrogens is 452 g/mol. The van der Waals surface area contributed by atoms with Crippen molar-refractivity contribution in [1.29, 1.82) is 0 Å². The van der Waals surface area contributed by atoms with Crippen LogP contribution >= 0.6 is 0 Å². The Hall–Kier alpha value is -4.19. The van der Waals surface area contributed by atoms with Crippen molar-refractivity contribution in [3.8, 4) is 5.75 Å². The number of ketones is 1. The molecule has 1 aliphatic heterocycles. The first-order valence-electron chi connectivity index (χ1n) is 12.0. The average molecular weight is 481 g/mol. The van der Waals surface area contributed by atoms with Crippen LogP contribution < -0.4 is 10.1 Å². The van der Waals surface area contributed by atoms with Gasteiger partial charge in [-0.3, -0.25) is 9.78 Å². The van der Waals surface area contributed by atoms with E-state index in [1.54, 1.807) is 19.5 Å². The maximum atomic E-state index is 13.7. The number of dihydropyridines is 1. The van der Waals surface area contributed by atoms with Crippen molar-refractivity contribution in [3.63, 3.8) is 0 Å². The van der Waals surface area contributed by atoms with Crippen LogP contribution in [0.15, 0.2) is 102 Å². The molecule has 0 fully saturated rings. The number of ether oxygens (including phenoxy) is 2. The summed E-state index contributed by atoms with van der Waals surface area (Å²) in [6, 6.07) is 21.2. The number of benzene rings is 2. The van der Waals surface area contributed by atoms with Gasteiger partial charge in [-0.15, -0.1) is 0 Å². The van der Waals surface area contributed by atoms with Gasteiger partial charge in [0.2, 0.25) is 0 Å². The van der Waals surface area contributed by atoms with Crippen LogP contribution in [0.2, 0.25) is 0 Å². The predicted octanol–water partition coefficient (Wildman–Crippen LogP) is 5.20. The summed E-state index contributed by atoms with van der Waals surface area (Å²) in [5.74, 6) is -0.0646. The van der Waals surface area contributed by atoms with Crippen LogP contribution in [0.1, 0.15) is 48.3 Å². The van der Waals surface area contributed by atoms with E-state index >= 15 is 0 Å². The molecule has 5 rings (SSSR count). The molecule has 182 valence electrons. The van der Waals surface area contributed by atoms with Gasteiger partial charge in [-0.05, 0) is 60.2 Å². The van der Waals surface area contributed by atoms with Crippen molar-refractivity contribution in [1.82, 2.24) is 10.3 Å². The van der Waals surface area contributed by atoms with E-state index < -0.39 is 11.9 Å². The van der Waals surface area contributed by atoms with Crippen molar-refractivity contribution in [2.24, 2.45) is 0 Å². The Morgan fingerprint density at radius 3 is 2.39 bits per heavy atom. The fourth-order valence-corrected chi connectivity index (χ4v) is 5.11. The van der Waals surface area contributed by atoms with Gasteiger partial charge >= 0.3 is 5.97 Å². The zero-order valence-corrected chi connectivity index (χ0v) is 20.4. The number of rotatable bonds is 6. The number of nitrogens with one attached hydrogen (secondary N) is 1. The zero-order chi connectivity index (χ0) is 25.1. The smallest absolute Gasteiger partial charge is 0.337 e. The highest BCUT2D eigenvalue weighted by molar-refractivity contribution is 6.04. The van der Waals surface area contributed by atoms with E-state index in [2.05, 4.69) is 10.3 Å². The lowest BCUT2D eigenvalue weighted by molar-refractivity contribution is -0.140. The molecule has 3 aromatic rings. The van der Waals surface area contributed by atoms with Gasteiger partial charge in [0.25, 0.3) is 0 Å². The number of pyridine rings is 1. The number of nitrogens with zero attached hydrogens (tertiary/aromatic N) is 1. The monoisotopic (exact) mass is 480 g/mol. The predicted molar refractivity (Wildman–Crippen MR) is 136 cm³/mol. The molecule has 0 spiro atoms. The topological polar surface area (TPSA) is 77.5 Å². The third-order valence-electron chi connectivity index (χ3n) is 6.89. The first-order chi connectivity index (χ1) is 17.5. The largest absolute Gasteiger partial charge is 0.497 e. The van der Waals surface area contributed by atoms with E-state index in [9.17, 15) is 9.59 Å². The molecule has 2 atom stereocenters. The molecule has 0 saturated carbocycles. The Bertz CT molecular complexity index is 1330. The Labute approximate surface area is 210 Å². The first-order valence-corrected chi connectivity index (χ1v) is 12.0. The summed E-state index contributed by atoms with van der Waals surface area (Å²) in [7, 11) is 1.64. The number of methoxy groups -OCH3 is 1. The van der Waals surface area contributed by atoms with Crippen molar-refractivity contribution in [2.75, 3.05) is 7.11 Å². The van der Waals surface area contributed by atoms with Gasteiger partial charge in [0, 0.05) is 41.7 Å². The molecule has 6 nitrogen and oxygen atoms in total. The molecular formula is C30H28N2O4. The molecule has 1 aromatic heterocycles. The second-order valence-corrected chi connectivity index (χ2v) is 9.13. The van der Waals surface area contributed by atoms with Gasteiger partial charge in [-0.2, -0.15) is 0 Å². The molecule has 0 unspecified atom stereocenters. The number of carbonyl (C=O) groups is 2. The van der Waals surface area contributed by atoms with Crippen LogP contribution in [-0.2, 0) is 20.9 Å². The van der Waals surface area contributed by atoms with Gasteiger partial charge in [0.05, 0.1) is 12.7 Å². The van der Waals surface area contributed by atoms with Crippen LogP contribution in [-0.4, -0.2) is 23.8 Å². The average Bonchev–Trinajstić information content (AvgIpc) is 2.92. The van der Waals surface area contributed by atoms with Gasteiger partial charge in [0.1, 0.15) is 12.4 Å². The summed E-state index contributed by atoms with van der Waals surface area (Å²) in [5, 5.41) is 3.40. The molecule has 1 N–H and O–H groups in total. The highest BCUT2D eigenvalue weighted by Gasteiger charge is 2.41. The Balaban J connectivity index is 1.48. The molecule has 1 aliphatic carbocycles. The van der Waals surface area contributed by atoms with Crippen LogP contribution in [0, 0.1) is 0 Å². The lowest BCUT2D eigenvalue weighted by atomic mass is 9.72. The summed E-state index contributed by atoms with van der Waals surface area (Å²) < 4.78 is 11.0. The third kappa shape index (κ3) is 4.67. The molecule has 0 radical (unpaired) electrons. The third-order valence-corrected chi connectivity index (χ3v) is 6.89. The molecule has 36 heavy (non-hydrogen) atoms. The summed E-state index contributed by atoms with van der Waals surface area (Å²) in [5.41, 5.74) is 5.52. The molecule has 0 bridgehead atoms. The Morgan fingerprint density at radius 1 is 0.972 bits per heavy atom. The minimum atomic E-state index is -0.503. The van der Waals surface area contributed by atoms with Gasteiger partial charge in [0.15, 0.2) is 5.78 Å². The van der Waals surface area contributed by atoms with Gasteiger partial charge in [-0.25, -0.2) is 4.79 Å². The van der Waals surface area contributed by atoms with Crippen LogP contribution in [0.5, 0.6) is 5.75 Å². The highest BCUT2D eigenvalue weighted by Crippen LogP contribution is 2.45. The second kappa shape index (κ2) is 10.2. The summed E-state index contributed by atoms with van der Waals surface area (Å²) >= 11 is 0. The molecule has 2 aromatic carbocycles. The van der Waals surface area contributed by atoms with Gasteiger partial charge < -0.3 is 14.8 Å². The van der Waals surface area contributed by atoms with E-state index in [4.69, 9.17) is 9.47 Å². The maximum Gasteiger partial charge on any atom is 0.337 e. The minimum Gasteiger partial charge on any atom is -0.497 e. The number of esters is 1. The highest BCUT2D eigenvalue weighted by atomic mass is 16.5. The number of allylic oxidation sites excluding steroid dienone is 3. The van der Waals surface area contributed by atoms with Crippen molar-refractivity contribution in [2.45, 2.75) is 38.2 Å². The Morgan fingerprint density at radius 2 is 1.69 bits per heavy atom. The SMILES string of the molecule is COc1ccc([C@@H]2CC(=O)C3=C(C2)NC(C)=C(C(=O)OCc2ccccc2)[C@@H]3c2ccncc2)cc1. The molecule has 0 amide bonds. The Kier molecular flexibility index (Phi) is 6.67. The lowest BCUT2D eigenvalue weighted by Gasteiger charge is -2.36. The van der Waals surface area contributed by atoms with E-state index in [1.807, 2.05) is 73.7 Å². The zero-order valence-electron chi connectivity index (χ0n) is 20.4. The molecule has 6 heteroatoms. The van der Waals surface area contributed by atoms with E-state index in [1.165, 1.54) is 0 Å². The number of carbonyl (C=O) groups excluding carboxylic acids is 2. The van der Waals surface area contributed by atoms with E-state index in [-0.39, 0.29) is 18.3 Å². The summed E-state index contributed by atoms with van der Waals surface area (Å²) in [4.78, 5) is 31.2. The van der Waals surface area contributed by atoms with Crippen LogP contribution in [0.3, 0.4) is 0 Å². The fraction of sp³-hybridized carbons (Fsp3) is 0.233. The first kappa shape index (κ1) is 23.5. The van der Waals surface area contributed by atoms with Crippen molar-refractivity contribution >= 4 is 11.8 Å². The minimum absolute atomic E-state index is 0.0345.